The fourth-order valence-corrected chi connectivity index (χ4v) is 3.22. The zero-order valence-electron chi connectivity index (χ0n) is 12.0. The number of likely N-dealkylation sites (tertiary alicyclic amines) is 1. The number of piperidine rings is 1. The highest BCUT2D eigenvalue weighted by molar-refractivity contribution is 6.32. The van der Waals surface area contributed by atoms with Crippen LogP contribution < -0.4 is 5.73 Å². The molecule has 2 unspecified atom stereocenters. The van der Waals surface area contributed by atoms with Gasteiger partial charge in [0.15, 0.2) is 0 Å². The van der Waals surface area contributed by atoms with E-state index in [1.54, 1.807) is 12.1 Å². The third-order valence-corrected chi connectivity index (χ3v) is 4.37. The lowest BCUT2D eigenvalue weighted by Gasteiger charge is -2.39. The first-order valence-electron chi connectivity index (χ1n) is 6.90. The Balaban J connectivity index is 0.00000220. The molecule has 0 radical (unpaired) electrons. The highest BCUT2D eigenvalue weighted by Gasteiger charge is 2.27. The van der Waals surface area contributed by atoms with Gasteiger partial charge in [-0.3, -0.25) is 15.0 Å². The molecular formula is C14H21Cl2N3O2. The molecule has 0 saturated carbocycles. The van der Waals surface area contributed by atoms with Crippen LogP contribution in [0, 0.1) is 16.0 Å². The van der Waals surface area contributed by atoms with Gasteiger partial charge in [-0.15, -0.1) is 12.4 Å². The normalized spacial score (nSPS) is 22.6. The lowest BCUT2D eigenvalue weighted by molar-refractivity contribution is -0.384. The summed E-state index contributed by atoms with van der Waals surface area (Å²) in [4.78, 5) is 12.7. The van der Waals surface area contributed by atoms with Crippen molar-refractivity contribution in [1.82, 2.24) is 4.90 Å². The maximum atomic E-state index is 10.8. The highest BCUT2D eigenvalue weighted by Crippen LogP contribution is 2.28. The van der Waals surface area contributed by atoms with Gasteiger partial charge in [0.05, 0.1) is 4.92 Å². The summed E-state index contributed by atoms with van der Waals surface area (Å²) in [6.07, 6.45) is 2.37. The summed E-state index contributed by atoms with van der Waals surface area (Å²) in [7, 11) is 0. The Morgan fingerprint density at radius 3 is 2.81 bits per heavy atom. The van der Waals surface area contributed by atoms with Crippen LogP contribution in [0.4, 0.5) is 5.69 Å². The fraction of sp³-hybridized carbons (Fsp3) is 0.571. The fourth-order valence-electron chi connectivity index (χ4n) is 2.94. The van der Waals surface area contributed by atoms with Crippen molar-refractivity contribution >= 4 is 29.7 Å². The Labute approximate surface area is 136 Å². The number of hydrogen-bond donors (Lipinski definition) is 1. The van der Waals surface area contributed by atoms with Crippen molar-refractivity contribution in [1.29, 1.82) is 0 Å². The molecule has 1 aromatic rings. The van der Waals surface area contributed by atoms with Gasteiger partial charge in [0, 0.05) is 25.2 Å². The first kappa shape index (κ1) is 18.2. The summed E-state index contributed by atoms with van der Waals surface area (Å²) >= 11 is 5.96. The number of rotatable bonds is 4. The quantitative estimate of drug-likeness (QED) is 0.678. The van der Waals surface area contributed by atoms with Crippen LogP contribution in [0.15, 0.2) is 18.2 Å². The SMILES string of the molecule is CC1CCCN(Cc2ccc([N+](=O)[O-])c(Cl)c2)C1CN.Cl. The summed E-state index contributed by atoms with van der Waals surface area (Å²) in [5.74, 6) is 0.585. The van der Waals surface area contributed by atoms with E-state index < -0.39 is 4.92 Å². The van der Waals surface area contributed by atoms with Crippen LogP contribution in [0.2, 0.25) is 5.02 Å². The number of nitro benzene ring substituents is 1. The lowest BCUT2D eigenvalue weighted by atomic mass is 9.90. The zero-order chi connectivity index (χ0) is 14.7. The number of halogens is 2. The van der Waals surface area contributed by atoms with Crippen LogP contribution in [0.1, 0.15) is 25.3 Å². The van der Waals surface area contributed by atoms with Gasteiger partial charge in [-0.1, -0.05) is 24.6 Å². The van der Waals surface area contributed by atoms with Crippen molar-refractivity contribution in [3.63, 3.8) is 0 Å². The predicted molar refractivity (Wildman–Crippen MR) is 87.0 cm³/mol. The van der Waals surface area contributed by atoms with Crippen molar-refractivity contribution < 1.29 is 4.92 Å². The minimum Gasteiger partial charge on any atom is -0.329 e. The topological polar surface area (TPSA) is 72.4 Å². The van der Waals surface area contributed by atoms with Gasteiger partial charge in [0.2, 0.25) is 0 Å². The second-order valence-corrected chi connectivity index (χ2v) is 5.84. The van der Waals surface area contributed by atoms with E-state index in [9.17, 15) is 10.1 Å². The molecule has 0 amide bonds. The van der Waals surface area contributed by atoms with E-state index in [-0.39, 0.29) is 23.1 Å². The average Bonchev–Trinajstić information content (AvgIpc) is 2.38. The molecule has 1 saturated heterocycles. The van der Waals surface area contributed by atoms with Crippen LogP contribution in [0.5, 0.6) is 0 Å². The second kappa shape index (κ2) is 7.94. The van der Waals surface area contributed by atoms with Crippen LogP contribution in [-0.4, -0.2) is 29.0 Å². The first-order chi connectivity index (χ1) is 9.52. The van der Waals surface area contributed by atoms with Crippen molar-refractivity contribution in [2.45, 2.75) is 32.4 Å². The van der Waals surface area contributed by atoms with Crippen LogP contribution in [0.25, 0.3) is 0 Å². The molecule has 1 fully saturated rings. The summed E-state index contributed by atoms with van der Waals surface area (Å²) in [5, 5.41) is 11.0. The van der Waals surface area contributed by atoms with E-state index in [0.717, 1.165) is 18.7 Å². The first-order valence-corrected chi connectivity index (χ1v) is 7.27. The van der Waals surface area contributed by atoms with E-state index in [2.05, 4.69) is 11.8 Å². The molecule has 2 atom stereocenters. The largest absolute Gasteiger partial charge is 0.329 e. The maximum Gasteiger partial charge on any atom is 0.287 e. The van der Waals surface area contributed by atoms with Crippen molar-refractivity contribution in [3.05, 3.63) is 38.9 Å². The molecule has 21 heavy (non-hydrogen) atoms. The lowest BCUT2D eigenvalue weighted by Crippen LogP contribution is -2.47. The van der Waals surface area contributed by atoms with Crippen molar-refractivity contribution in [2.24, 2.45) is 11.7 Å². The van der Waals surface area contributed by atoms with Crippen LogP contribution in [0.3, 0.4) is 0 Å². The average molecular weight is 334 g/mol. The predicted octanol–water partition coefficient (Wildman–Crippen LogP) is 3.23. The number of nitro groups is 1. The summed E-state index contributed by atoms with van der Waals surface area (Å²) < 4.78 is 0. The Morgan fingerprint density at radius 2 is 2.24 bits per heavy atom. The third kappa shape index (κ3) is 4.30. The van der Waals surface area contributed by atoms with E-state index in [4.69, 9.17) is 17.3 Å². The monoisotopic (exact) mass is 333 g/mol. The summed E-state index contributed by atoms with van der Waals surface area (Å²) in [5.41, 5.74) is 6.82. The minimum atomic E-state index is -0.461. The maximum absolute atomic E-state index is 10.8. The molecule has 2 N–H and O–H groups in total. The summed E-state index contributed by atoms with van der Waals surface area (Å²) in [6, 6.07) is 5.31. The molecule has 0 aromatic heterocycles. The molecule has 1 heterocycles. The number of hydrogen-bond acceptors (Lipinski definition) is 4. The number of benzene rings is 1. The molecule has 5 nitrogen and oxygen atoms in total. The van der Waals surface area contributed by atoms with Gasteiger partial charge in [-0.05, 0) is 36.9 Å². The Bertz CT molecular complexity index is 499. The van der Waals surface area contributed by atoms with Gasteiger partial charge >= 0.3 is 0 Å². The van der Waals surface area contributed by atoms with E-state index in [1.165, 1.54) is 18.9 Å². The minimum absolute atomic E-state index is 0. The van der Waals surface area contributed by atoms with Crippen LogP contribution in [-0.2, 0) is 6.54 Å². The van der Waals surface area contributed by atoms with E-state index in [0.29, 0.717) is 18.5 Å². The van der Waals surface area contributed by atoms with Crippen molar-refractivity contribution in [3.8, 4) is 0 Å². The molecular weight excluding hydrogens is 313 g/mol. The Kier molecular flexibility index (Phi) is 6.87. The third-order valence-electron chi connectivity index (χ3n) is 4.07. The number of nitrogens with two attached hydrogens (primary N) is 1. The Morgan fingerprint density at radius 1 is 1.52 bits per heavy atom. The molecule has 1 aliphatic heterocycles. The van der Waals surface area contributed by atoms with Crippen LogP contribution >= 0.6 is 24.0 Å². The van der Waals surface area contributed by atoms with Gasteiger partial charge in [-0.2, -0.15) is 0 Å². The molecule has 2 rings (SSSR count). The van der Waals surface area contributed by atoms with Gasteiger partial charge in [0.1, 0.15) is 5.02 Å². The van der Waals surface area contributed by atoms with E-state index >= 15 is 0 Å². The summed E-state index contributed by atoms with van der Waals surface area (Å²) in [6.45, 7) is 4.62. The van der Waals surface area contributed by atoms with Crippen molar-refractivity contribution in [2.75, 3.05) is 13.1 Å². The highest BCUT2D eigenvalue weighted by atomic mass is 35.5. The zero-order valence-corrected chi connectivity index (χ0v) is 13.6. The van der Waals surface area contributed by atoms with Gasteiger partial charge < -0.3 is 5.73 Å². The Hall–Kier alpha value is -0.880. The van der Waals surface area contributed by atoms with Gasteiger partial charge in [0.25, 0.3) is 5.69 Å². The molecule has 0 spiro atoms. The molecule has 1 aromatic carbocycles. The smallest absolute Gasteiger partial charge is 0.287 e. The number of nitrogens with zero attached hydrogens (tertiary/aromatic N) is 2. The molecule has 1 aliphatic rings. The second-order valence-electron chi connectivity index (χ2n) is 5.44. The molecule has 7 heteroatoms. The van der Waals surface area contributed by atoms with E-state index in [1.807, 2.05) is 0 Å². The molecule has 118 valence electrons. The molecule has 0 aliphatic carbocycles. The standard InChI is InChI=1S/C14H20ClN3O2.ClH/c1-10-3-2-6-17(14(10)8-16)9-11-4-5-13(18(19)20)12(15)7-11;/h4-5,7,10,14H,2-3,6,8-9,16H2,1H3;1H. The molecule has 0 bridgehead atoms. The van der Waals surface area contributed by atoms with Gasteiger partial charge in [-0.25, -0.2) is 0 Å².